The molecule has 1 fully saturated rings. The lowest BCUT2D eigenvalue weighted by atomic mass is 9.95. The normalized spacial score (nSPS) is 21.9. The number of aryl methyl sites for hydroxylation is 2. The van der Waals surface area contributed by atoms with E-state index in [1.165, 1.54) is 24.1 Å². The number of fused-ring (bicyclic) bond motifs is 1. The molecule has 5 heteroatoms. The highest BCUT2D eigenvalue weighted by Gasteiger charge is 2.24. The summed E-state index contributed by atoms with van der Waals surface area (Å²) < 4.78 is 10.8. The van der Waals surface area contributed by atoms with Gasteiger partial charge in [-0.2, -0.15) is 4.98 Å². The van der Waals surface area contributed by atoms with Crippen LogP contribution in [-0.2, 0) is 17.6 Å². The van der Waals surface area contributed by atoms with Crippen molar-refractivity contribution in [1.29, 1.82) is 0 Å². The van der Waals surface area contributed by atoms with Gasteiger partial charge < -0.3 is 9.26 Å². The monoisotopic (exact) mass is 271 g/mol. The van der Waals surface area contributed by atoms with Crippen molar-refractivity contribution >= 4 is 0 Å². The van der Waals surface area contributed by atoms with E-state index in [0.717, 1.165) is 37.3 Å². The molecule has 0 spiro atoms. The summed E-state index contributed by atoms with van der Waals surface area (Å²) in [6, 6.07) is 2.16. The van der Waals surface area contributed by atoms with Crippen molar-refractivity contribution in [2.45, 2.75) is 38.0 Å². The summed E-state index contributed by atoms with van der Waals surface area (Å²) in [6.07, 6.45) is 7.50. The van der Waals surface area contributed by atoms with Crippen LogP contribution in [0.15, 0.2) is 16.8 Å². The molecule has 2 aliphatic rings. The Morgan fingerprint density at radius 1 is 1.20 bits per heavy atom. The number of ether oxygens (including phenoxy) is 1. The fourth-order valence-corrected chi connectivity index (χ4v) is 2.96. The maximum absolute atomic E-state index is 5.40. The van der Waals surface area contributed by atoms with Crippen LogP contribution in [0, 0.1) is 0 Å². The highest BCUT2D eigenvalue weighted by atomic mass is 16.5. The standard InChI is InChI=1S/C15H17N3O2/c1-2-4-13-10(3-1)7-12(8-16-13)15-17-14(18-20-15)11-5-6-19-9-11/h7-8,11H,1-6,9H2/t11-/m1/s1. The first kappa shape index (κ1) is 12.0. The molecule has 1 atom stereocenters. The Kier molecular flexibility index (Phi) is 2.99. The molecule has 1 aliphatic heterocycles. The van der Waals surface area contributed by atoms with Crippen molar-refractivity contribution < 1.29 is 9.26 Å². The number of hydrogen-bond donors (Lipinski definition) is 0. The zero-order chi connectivity index (χ0) is 13.4. The van der Waals surface area contributed by atoms with E-state index < -0.39 is 0 Å². The Morgan fingerprint density at radius 2 is 2.15 bits per heavy atom. The molecule has 0 aromatic carbocycles. The number of pyridine rings is 1. The number of aromatic nitrogens is 3. The van der Waals surface area contributed by atoms with Gasteiger partial charge in [0.25, 0.3) is 5.89 Å². The molecule has 2 aromatic rings. The Bertz CT molecular complexity index is 617. The van der Waals surface area contributed by atoms with Crippen LogP contribution in [0.1, 0.15) is 42.3 Å². The van der Waals surface area contributed by atoms with Crippen molar-refractivity contribution in [3.05, 3.63) is 29.3 Å². The van der Waals surface area contributed by atoms with E-state index in [1.54, 1.807) is 0 Å². The van der Waals surface area contributed by atoms with Gasteiger partial charge in [-0.25, -0.2) is 0 Å². The molecule has 1 aliphatic carbocycles. The predicted octanol–water partition coefficient (Wildman–Crippen LogP) is 2.51. The van der Waals surface area contributed by atoms with Crippen molar-refractivity contribution in [3.63, 3.8) is 0 Å². The van der Waals surface area contributed by atoms with E-state index in [9.17, 15) is 0 Å². The van der Waals surface area contributed by atoms with Crippen molar-refractivity contribution in [1.82, 2.24) is 15.1 Å². The molecule has 3 heterocycles. The van der Waals surface area contributed by atoms with Gasteiger partial charge in [-0.15, -0.1) is 0 Å². The minimum Gasteiger partial charge on any atom is -0.381 e. The first-order valence-electron chi connectivity index (χ1n) is 7.29. The number of rotatable bonds is 2. The van der Waals surface area contributed by atoms with E-state index in [2.05, 4.69) is 21.2 Å². The average molecular weight is 271 g/mol. The minimum absolute atomic E-state index is 0.276. The fourth-order valence-electron chi connectivity index (χ4n) is 2.96. The van der Waals surface area contributed by atoms with Crippen molar-refractivity contribution in [2.24, 2.45) is 0 Å². The summed E-state index contributed by atoms with van der Waals surface area (Å²) in [7, 11) is 0. The van der Waals surface area contributed by atoms with Gasteiger partial charge in [0.2, 0.25) is 0 Å². The summed E-state index contributed by atoms with van der Waals surface area (Å²) in [5.41, 5.74) is 3.49. The molecule has 0 saturated carbocycles. The summed E-state index contributed by atoms with van der Waals surface area (Å²) in [5.74, 6) is 1.61. The third kappa shape index (κ3) is 2.12. The number of hydrogen-bond acceptors (Lipinski definition) is 5. The maximum atomic E-state index is 5.40. The topological polar surface area (TPSA) is 61.0 Å². The van der Waals surface area contributed by atoms with Gasteiger partial charge in [0.15, 0.2) is 5.82 Å². The highest BCUT2D eigenvalue weighted by molar-refractivity contribution is 5.53. The second kappa shape index (κ2) is 4.98. The van der Waals surface area contributed by atoms with Gasteiger partial charge in [0.05, 0.1) is 12.2 Å². The van der Waals surface area contributed by atoms with E-state index >= 15 is 0 Å². The third-order valence-corrected chi connectivity index (χ3v) is 4.15. The SMILES string of the molecule is c1nc2c(cc1-c1nc([C@@H]3CCOC3)no1)CCCC2. The lowest BCUT2D eigenvalue weighted by Gasteiger charge is -2.14. The summed E-state index contributed by atoms with van der Waals surface area (Å²) in [4.78, 5) is 9.06. The lowest BCUT2D eigenvalue weighted by molar-refractivity contribution is 0.192. The molecule has 0 N–H and O–H groups in total. The van der Waals surface area contributed by atoms with Gasteiger partial charge >= 0.3 is 0 Å². The molecule has 0 radical (unpaired) electrons. The Hall–Kier alpha value is -1.75. The molecule has 0 unspecified atom stereocenters. The lowest BCUT2D eigenvalue weighted by Crippen LogP contribution is -2.05. The first-order chi connectivity index (χ1) is 9.90. The summed E-state index contributed by atoms with van der Waals surface area (Å²) >= 11 is 0. The molecule has 104 valence electrons. The van der Waals surface area contributed by atoms with Gasteiger partial charge in [-0.3, -0.25) is 4.98 Å². The quantitative estimate of drug-likeness (QED) is 0.840. The molecule has 1 saturated heterocycles. The molecule has 2 aromatic heterocycles. The van der Waals surface area contributed by atoms with Crippen LogP contribution in [0.2, 0.25) is 0 Å². The third-order valence-electron chi connectivity index (χ3n) is 4.15. The molecule has 20 heavy (non-hydrogen) atoms. The predicted molar refractivity (Wildman–Crippen MR) is 72.3 cm³/mol. The molecular formula is C15H17N3O2. The average Bonchev–Trinajstić information content (AvgIpc) is 3.17. The molecule has 0 bridgehead atoms. The van der Waals surface area contributed by atoms with Gasteiger partial charge in [0, 0.05) is 24.4 Å². The van der Waals surface area contributed by atoms with E-state index in [0.29, 0.717) is 12.5 Å². The maximum Gasteiger partial charge on any atom is 0.259 e. The fraction of sp³-hybridized carbons (Fsp3) is 0.533. The van der Waals surface area contributed by atoms with Crippen LogP contribution in [0.3, 0.4) is 0 Å². The van der Waals surface area contributed by atoms with E-state index in [1.807, 2.05) is 6.20 Å². The second-order valence-corrected chi connectivity index (χ2v) is 5.56. The Balaban J connectivity index is 1.63. The van der Waals surface area contributed by atoms with Gasteiger partial charge in [-0.05, 0) is 43.7 Å². The van der Waals surface area contributed by atoms with Crippen LogP contribution in [0.25, 0.3) is 11.5 Å². The molecule has 0 amide bonds. The smallest absolute Gasteiger partial charge is 0.259 e. The van der Waals surface area contributed by atoms with Crippen molar-refractivity contribution in [2.75, 3.05) is 13.2 Å². The van der Waals surface area contributed by atoms with Crippen molar-refractivity contribution in [3.8, 4) is 11.5 Å². The summed E-state index contributed by atoms with van der Waals surface area (Å²) in [6.45, 7) is 1.48. The van der Waals surface area contributed by atoms with Crippen LogP contribution in [0.4, 0.5) is 0 Å². The Labute approximate surface area is 117 Å². The molecule has 4 rings (SSSR count). The molecular weight excluding hydrogens is 254 g/mol. The minimum atomic E-state index is 0.276. The van der Waals surface area contributed by atoms with Gasteiger partial charge in [0.1, 0.15) is 0 Å². The zero-order valence-corrected chi connectivity index (χ0v) is 11.3. The van der Waals surface area contributed by atoms with E-state index in [4.69, 9.17) is 9.26 Å². The number of nitrogens with zero attached hydrogens (tertiary/aromatic N) is 3. The van der Waals surface area contributed by atoms with Crippen LogP contribution in [-0.4, -0.2) is 28.3 Å². The van der Waals surface area contributed by atoms with Crippen LogP contribution < -0.4 is 0 Å². The van der Waals surface area contributed by atoms with Crippen LogP contribution in [0.5, 0.6) is 0 Å². The molecule has 5 nitrogen and oxygen atoms in total. The zero-order valence-electron chi connectivity index (χ0n) is 11.3. The van der Waals surface area contributed by atoms with Crippen LogP contribution >= 0.6 is 0 Å². The first-order valence-corrected chi connectivity index (χ1v) is 7.29. The van der Waals surface area contributed by atoms with E-state index in [-0.39, 0.29) is 5.92 Å². The highest BCUT2D eigenvalue weighted by Crippen LogP contribution is 2.27. The van der Waals surface area contributed by atoms with Gasteiger partial charge in [-0.1, -0.05) is 5.16 Å². The summed E-state index contributed by atoms with van der Waals surface area (Å²) in [5, 5.41) is 4.09. The second-order valence-electron chi connectivity index (χ2n) is 5.56. The Morgan fingerprint density at radius 3 is 3.05 bits per heavy atom. The largest absolute Gasteiger partial charge is 0.381 e.